The molecule has 0 aliphatic carbocycles. The average molecular weight is 361 g/mol. The van der Waals surface area contributed by atoms with Crippen molar-refractivity contribution in [1.29, 1.82) is 0 Å². The molecule has 1 aromatic heterocycles. The van der Waals surface area contributed by atoms with Crippen LogP contribution in [0.5, 0.6) is 5.75 Å². The summed E-state index contributed by atoms with van der Waals surface area (Å²) >= 11 is 6.89. The van der Waals surface area contributed by atoms with Crippen molar-refractivity contribution in [2.45, 2.75) is 11.9 Å². The molecule has 0 unspecified atom stereocenters. The van der Waals surface area contributed by atoms with E-state index in [0.717, 1.165) is 21.2 Å². The molecule has 0 bridgehead atoms. The van der Waals surface area contributed by atoms with Gasteiger partial charge in [-0.15, -0.1) is 5.10 Å². The molecule has 4 nitrogen and oxygen atoms in total. The van der Waals surface area contributed by atoms with Crippen LogP contribution >= 0.6 is 31.9 Å². The first kappa shape index (κ1) is 12.6. The lowest BCUT2D eigenvalue weighted by Crippen LogP contribution is -1.96. The van der Waals surface area contributed by atoms with Crippen LogP contribution in [0, 0.1) is 0 Å². The molecule has 0 N–H and O–H groups in total. The Morgan fingerprint density at radius 1 is 1.41 bits per heavy atom. The second kappa shape index (κ2) is 5.64. The summed E-state index contributed by atoms with van der Waals surface area (Å²) in [5.74, 6) is 0.806. The molecule has 0 saturated heterocycles. The van der Waals surface area contributed by atoms with E-state index in [1.807, 2.05) is 31.4 Å². The summed E-state index contributed by atoms with van der Waals surface area (Å²) in [5, 5.41) is 8.64. The van der Waals surface area contributed by atoms with Crippen LogP contribution in [0.3, 0.4) is 0 Å². The van der Waals surface area contributed by atoms with Gasteiger partial charge in [-0.1, -0.05) is 27.2 Å². The molecule has 0 aliphatic rings. The predicted octanol–water partition coefficient (Wildman–Crippen LogP) is 3.05. The number of aromatic nitrogens is 3. The fourth-order valence-electron chi connectivity index (χ4n) is 1.36. The third kappa shape index (κ3) is 3.29. The van der Waals surface area contributed by atoms with Crippen molar-refractivity contribution in [2.24, 2.45) is 7.05 Å². The number of hydrogen-bond acceptors (Lipinski definition) is 3. The summed E-state index contributed by atoms with van der Waals surface area (Å²) in [5.41, 5.74) is 2.01. The summed E-state index contributed by atoms with van der Waals surface area (Å²) in [4.78, 5) is 0. The highest BCUT2D eigenvalue weighted by atomic mass is 79.9. The van der Waals surface area contributed by atoms with E-state index in [0.29, 0.717) is 6.61 Å². The van der Waals surface area contributed by atoms with Crippen LogP contribution in [0.1, 0.15) is 11.3 Å². The summed E-state index contributed by atoms with van der Waals surface area (Å²) < 4.78 is 8.25. The predicted molar refractivity (Wildman–Crippen MR) is 72.1 cm³/mol. The van der Waals surface area contributed by atoms with Gasteiger partial charge in [-0.05, 0) is 33.6 Å². The SMILES string of the molecule is Cn1cc(COc2ccc(CBr)cc2Br)nn1. The van der Waals surface area contributed by atoms with Gasteiger partial charge in [0, 0.05) is 12.4 Å². The Kier molecular flexibility index (Phi) is 4.17. The zero-order chi connectivity index (χ0) is 12.3. The number of nitrogens with zero attached hydrogens (tertiary/aromatic N) is 3. The quantitative estimate of drug-likeness (QED) is 0.786. The standard InChI is InChI=1S/C11H11Br2N3O/c1-16-6-9(14-15-16)7-17-11-3-2-8(5-12)4-10(11)13/h2-4,6H,5,7H2,1H3. The molecule has 6 heteroatoms. The van der Waals surface area contributed by atoms with Gasteiger partial charge in [0.25, 0.3) is 0 Å². The lowest BCUT2D eigenvalue weighted by molar-refractivity contribution is 0.299. The first-order valence-corrected chi connectivity index (χ1v) is 6.93. The van der Waals surface area contributed by atoms with Gasteiger partial charge in [-0.2, -0.15) is 0 Å². The van der Waals surface area contributed by atoms with Crippen LogP contribution in [0.25, 0.3) is 0 Å². The van der Waals surface area contributed by atoms with E-state index >= 15 is 0 Å². The average Bonchev–Trinajstić information content (AvgIpc) is 2.73. The third-order valence-electron chi connectivity index (χ3n) is 2.18. The number of benzene rings is 1. The molecule has 2 rings (SSSR count). The summed E-state index contributed by atoms with van der Waals surface area (Å²) in [7, 11) is 1.83. The molecule has 0 spiro atoms. The third-order valence-corrected chi connectivity index (χ3v) is 3.44. The number of rotatable bonds is 4. The highest BCUT2D eigenvalue weighted by Gasteiger charge is 2.04. The van der Waals surface area contributed by atoms with E-state index in [9.17, 15) is 0 Å². The van der Waals surface area contributed by atoms with Crippen LogP contribution in [-0.2, 0) is 19.0 Å². The van der Waals surface area contributed by atoms with Crippen molar-refractivity contribution in [2.75, 3.05) is 0 Å². The Morgan fingerprint density at radius 2 is 2.24 bits per heavy atom. The molecule has 1 heterocycles. The maximum absolute atomic E-state index is 5.66. The van der Waals surface area contributed by atoms with Crippen LogP contribution in [-0.4, -0.2) is 15.0 Å². The van der Waals surface area contributed by atoms with Gasteiger partial charge in [-0.25, -0.2) is 0 Å². The Bertz CT molecular complexity index is 513. The minimum atomic E-state index is 0.417. The smallest absolute Gasteiger partial charge is 0.134 e. The van der Waals surface area contributed by atoms with Crippen molar-refractivity contribution in [1.82, 2.24) is 15.0 Å². The second-order valence-electron chi connectivity index (χ2n) is 3.57. The molecule has 90 valence electrons. The molecule has 0 radical (unpaired) electrons. The second-order valence-corrected chi connectivity index (χ2v) is 4.99. The van der Waals surface area contributed by atoms with E-state index in [1.54, 1.807) is 4.68 Å². The summed E-state index contributed by atoms with van der Waals surface area (Å²) in [6.07, 6.45) is 1.83. The molecule has 1 aromatic carbocycles. The van der Waals surface area contributed by atoms with Gasteiger partial charge in [0.05, 0.1) is 10.7 Å². The topological polar surface area (TPSA) is 39.9 Å². The molecule has 0 saturated carbocycles. The summed E-state index contributed by atoms with van der Waals surface area (Å²) in [6, 6.07) is 5.99. The molecule has 2 aromatic rings. The first-order valence-electron chi connectivity index (χ1n) is 5.01. The van der Waals surface area contributed by atoms with Gasteiger partial charge in [0.1, 0.15) is 18.1 Å². The number of alkyl halides is 1. The minimum Gasteiger partial charge on any atom is -0.486 e. The van der Waals surface area contributed by atoms with Crippen molar-refractivity contribution >= 4 is 31.9 Å². The van der Waals surface area contributed by atoms with Gasteiger partial charge >= 0.3 is 0 Å². The van der Waals surface area contributed by atoms with Crippen LogP contribution in [0.15, 0.2) is 28.9 Å². The fraction of sp³-hybridized carbons (Fsp3) is 0.273. The number of halogens is 2. The molecular formula is C11H11Br2N3O. The van der Waals surface area contributed by atoms with E-state index < -0.39 is 0 Å². The molecule has 17 heavy (non-hydrogen) atoms. The van der Waals surface area contributed by atoms with E-state index in [4.69, 9.17) is 4.74 Å². The van der Waals surface area contributed by atoms with Crippen molar-refractivity contribution in [3.05, 3.63) is 40.1 Å². The van der Waals surface area contributed by atoms with Crippen LogP contribution < -0.4 is 4.74 Å². The summed E-state index contributed by atoms with van der Waals surface area (Å²) in [6.45, 7) is 0.417. The zero-order valence-corrected chi connectivity index (χ0v) is 12.4. The monoisotopic (exact) mass is 359 g/mol. The lowest BCUT2D eigenvalue weighted by atomic mass is 10.2. The van der Waals surface area contributed by atoms with E-state index in [2.05, 4.69) is 42.2 Å². The Labute approximate surface area is 116 Å². The fourth-order valence-corrected chi connectivity index (χ4v) is 2.25. The molecule has 0 atom stereocenters. The maximum atomic E-state index is 5.66. The van der Waals surface area contributed by atoms with Crippen molar-refractivity contribution < 1.29 is 4.74 Å². The van der Waals surface area contributed by atoms with Crippen LogP contribution in [0.4, 0.5) is 0 Å². The Morgan fingerprint density at radius 3 is 2.82 bits per heavy atom. The molecule has 0 aliphatic heterocycles. The normalized spacial score (nSPS) is 10.5. The molecular weight excluding hydrogens is 350 g/mol. The largest absolute Gasteiger partial charge is 0.486 e. The molecule has 0 amide bonds. The lowest BCUT2D eigenvalue weighted by Gasteiger charge is -2.07. The van der Waals surface area contributed by atoms with Gasteiger partial charge in [-0.3, -0.25) is 4.68 Å². The van der Waals surface area contributed by atoms with E-state index in [-0.39, 0.29) is 0 Å². The van der Waals surface area contributed by atoms with E-state index in [1.165, 1.54) is 5.56 Å². The van der Waals surface area contributed by atoms with Crippen molar-refractivity contribution in [3.8, 4) is 5.75 Å². The van der Waals surface area contributed by atoms with Gasteiger partial charge < -0.3 is 4.74 Å². The Hall–Kier alpha value is -0.880. The minimum absolute atomic E-state index is 0.417. The van der Waals surface area contributed by atoms with Gasteiger partial charge in [0.2, 0.25) is 0 Å². The maximum Gasteiger partial charge on any atom is 0.134 e. The number of ether oxygens (including phenoxy) is 1. The highest BCUT2D eigenvalue weighted by molar-refractivity contribution is 9.10. The Balaban J connectivity index is 2.04. The first-order chi connectivity index (χ1) is 8.19. The number of aryl methyl sites for hydroxylation is 1. The zero-order valence-electron chi connectivity index (χ0n) is 9.23. The molecule has 0 fully saturated rings. The number of hydrogen-bond donors (Lipinski definition) is 0. The highest BCUT2D eigenvalue weighted by Crippen LogP contribution is 2.27. The van der Waals surface area contributed by atoms with Crippen LogP contribution in [0.2, 0.25) is 0 Å². The van der Waals surface area contributed by atoms with Crippen molar-refractivity contribution in [3.63, 3.8) is 0 Å². The van der Waals surface area contributed by atoms with Gasteiger partial charge in [0.15, 0.2) is 0 Å².